The second-order valence-electron chi connectivity index (χ2n) is 2.46. The predicted octanol–water partition coefficient (Wildman–Crippen LogP) is 1.85. The minimum Gasteiger partial charge on any atom is -0.276 e. The summed E-state index contributed by atoms with van der Waals surface area (Å²) in [4.78, 5) is 13.3. The summed E-state index contributed by atoms with van der Waals surface area (Å²) in [6.07, 6.45) is 3.96. The van der Waals surface area contributed by atoms with Crippen molar-refractivity contribution in [3.05, 3.63) is 35.9 Å². The molecule has 0 unspecified atom stereocenters. The number of hydrogen-bond donors (Lipinski definition) is 0. The Morgan fingerprint density at radius 1 is 1.25 bits per heavy atom. The molecule has 1 aromatic carbocycles. The number of aliphatic imine (C=N–C) groups is 1. The van der Waals surface area contributed by atoms with Gasteiger partial charge in [-0.05, 0) is 18.4 Å². The molecule has 12 heavy (non-hydrogen) atoms. The third kappa shape index (κ3) is 3.10. The smallest absolute Gasteiger partial charge is 0.232 e. The van der Waals surface area contributed by atoms with Gasteiger partial charge in [0.15, 0.2) is 0 Å². The lowest BCUT2D eigenvalue weighted by Gasteiger charge is -1.94. The van der Waals surface area contributed by atoms with Gasteiger partial charge in [0.05, 0.1) is 0 Å². The van der Waals surface area contributed by atoms with Crippen LogP contribution in [0.5, 0.6) is 0 Å². The second-order valence-corrected chi connectivity index (χ2v) is 2.46. The van der Waals surface area contributed by atoms with Crippen LogP contribution < -0.4 is 0 Å². The molecule has 0 atom stereocenters. The largest absolute Gasteiger partial charge is 0.276 e. The summed E-state index contributed by atoms with van der Waals surface area (Å²) >= 11 is 0. The van der Waals surface area contributed by atoms with Crippen molar-refractivity contribution in [2.24, 2.45) is 4.99 Å². The fraction of sp³-hybridized carbons (Fsp3) is 0.200. The van der Waals surface area contributed by atoms with E-state index in [0.29, 0.717) is 6.41 Å². The Kier molecular flexibility index (Phi) is 3.78. The Bertz CT molecular complexity index is 254. The number of nitrogens with zero attached hydrogens (tertiary/aromatic N) is 1. The number of carbonyl (C=O) groups is 1. The number of benzene rings is 1. The van der Waals surface area contributed by atoms with Crippen LogP contribution in [-0.4, -0.2) is 12.6 Å². The Morgan fingerprint density at radius 3 is 2.67 bits per heavy atom. The van der Waals surface area contributed by atoms with Crippen molar-refractivity contribution in [2.45, 2.75) is 12.8 Å². The van der Waals surface area contributed by atoms with Gasteiger partial charge < -0.3 is 0 Å². The van der Waals surface area contributed by atoms with E-state index in [4.69, 9.17) is 0 Å². The van der Waals surface area contributed by atoms with Gasteiger partial charge in [0.1, 0.15) is 0 Å². The molecule has 0 fully saturated rings. The van der Waals surface area contributed by atoms with Crippen LogP contribution in [-0.2, 0) is 11.2 Å². The van der Waals surface area contributed by atoms with Crippen LogP contribution in [0.15, 0.2) is 35.3 Å². The number of aryl methyl sites for hydroxylation is 1. The van der Waals surface area contributed by atoms with Gasteiger partial charge in [0.25, 0.3) is 0 Å². The van der Waals surface area contributed by atoms with Gasteiger partial charge in [0.2, 0.25) is 6.41 Å². The minimum atomic E-state index is 0.561. The molecule has 0 aliphatic carbocycles. The van der Waals surface area contributed by atoms with Gasteiger partial charge in [-0.3, -0.25) is 4.79 Å². The summed E-state index contributed by atoms with van der Waals surface area (Å²) in [5, 5.41) is 0. The van der Waals surface area contributed by atoms with Crippen LogP contribution >= 0.6 is 0 Å². The molecule has 0 bridgehead atoms. The molecular weight excluding hydrogens is 150 g/mol. The number of amides is 1. The van der Waals surface area contributed by atoms with Crippen LogP contribution in [0.25, 0.3) is 0 Å². The van der Waals surface area contributed by atoms with Crippen molar-refractivity contribution in [3.63, 3.8) is 0 Å². The van der Waals surface area contributed by atoms with Gasteiger partial charge in [-0.2, -0.15) is 0 Å². The first-order chi connectivity index (χ1) is 5.93. The summed E-state index contributed by atoms with van der Waals surface area (Å²) in [6, 6.07) is 10.1. The Morgan fingerprint density at radius 2 is 2.00 bits per heavy atom. The molecule has 0 saturated carbocycles. The van der Waals surface area contributed by atoms with Crippen molar-refractivity contribution >= 4 is 12.6 Å². The van der Waals surface area contributed by atoms with E-state index in [-0.39, 0.29) is 0 Å². The maximum atomic E-state index is 9.82. The first kappa shape index (κ1) is 8.65. The molecular formula is C10H11NO. The monoisotopic (exact) mass is 161 g/mol. The number of carbonyl (C=O) groups excluding carboxylic acids is 1. The number of hydrogen-bond acceptors (Lipinski definition) is 1. The third-order valence-corrected chi connectivity index (χ3v) is 1.57. The zero-order valence-electron chi connectivity index (χ0n) is 6.81. The molecule has 0 saturated heterocycles. The summed E-state index contributed by atoms with van der Waals surface area (Å²) < 4.78 is 0. The molecule has 2 heteroatoms. The molecule has 1 rings (SSSR count). The molecule has 0 radical (unpaired) electrons. The van der Waals surface area contributed by atoms with E-state index < -0.39 is 0 Å². The van der Waals surface area contributed by atoms with Crippen molar-refractivity contribution in [2.75, 3.05) is 0 Å². The fourth-order valence-electron chi connectivity index (χ4n) is 0.993. The van der Waals surface area contributed by atoms with E-state index in [1.54, 1.807) is 6.21 Å². The van der Waals surface area contributed by atoms with Crippen LogP contribution in [0, 0.1) is 0 Å². The Labute approximate surface area is 71.9 Å². The highest BCUT2D eigenvalue weighted by Gasteiger charge is 1.87. The Balaban J connectivity index is 2.33. The molecule has 0 N–H and O–H groups in total. The molecule has 0 spiro atoms. The van der Waals surface area contributed by atoms with Crippen molar-refractivity contribution in [3.8, 4) is 0 Å². The van der Waals surface area contributed by atoms with E-state index in [1.807, 2.05) is 18.2 Å². The highest BCUT2D eigenvalue weighted by Crippen LogP contribution is 2.00. The van der Waals surface area contributed by atoms with Crippen molar-refractivity contribution in [1.82, 2.24) is 0 Å². The molecule has 0 aliphatic heterocycles. The van der Waals surface area contributed by atoms with E-state index in [9.17, 15) is 4.79 Å². The Hall–Kier alpha value is -1.44. The lowest BCUT2D eigenvalue weighted by atomic mass is 10.1. The van der Waals surface area contributed by atoms with Gasteiger partial charge in [0, 0.05) is 6.21 Å². The molecule has 1 amide bonds. The maximum absolute atomic E-state index is 9.82. The van der Waals surface area contributed by atoms with E-state index in [1.165, 1.54) is 5.56 Å². The lowest BCUT2D eigenvalue weighted by molar-refractivity contribution is -0.106. The van der Waals surface area contributed by atoms with Gasteiger partial charge in [-0.1, -0.05) is 30.3 Å². The highest BCUT2D eigenvalue weighted by atomic mass is 16.1. The summed E-state index contributed by atoms with van der Waals surface area (Å²) in [7, 11) is 0. The van der Waals surface area contributed by atoms with Crippen LogP contribution in [0.3, 0.4) is 0 Å². The molecule has 0 aliphatic rings. The quantitative estimate of drug-likeness (QED) is 0.489. The van der Waals surface area contributed by atoms with Crippen LogP contribution in [0.1, 0.15) is 12.0 Å². The zero-order chi connectivity index (χ0) is 8.65. The second kappa shape index (κ2) is 5.24. The third-order valence-electron chi connectivity index (χ3n) is 1.57. The topological polar surface area (TPSA) is 29.4 Å². The van der Waals surface area contributed by atoms with Gasteiger partial charge in [-0.15, -0.1) is 0 Å². The van der Waals surface area contributed by atoms with Crippen LogP contribution in [0.4, 0.5) is 0 Å². The first-order valence-corrected chi connectivity index (χ1v) is 3.92. The average Bonchev–Trinajstić information content (AvgIpc) is 2.14. The molecule has 0 heterocycles. The fourth-order valence-corrected chi connectivity index (χ4v) is 0.993. The van der Waals surface area contributed by atoms with Crippen molar-refractivity contribution < 1.29 is 4.79 Å². The summed E-state index contributed by atoms with van der Waals surface area (Å²) in [5.41, 5.74) is 1.27. The summed E-state index contributed by atoms with van der Waals surface area (Å²) in [6.45, 7) is 0. The molecule has 0 aromatic heterocycles. The normalized spacial score (nSPS) is 10.3. The van der Waals surface area contributed by atoms with Crippen LogP contribution in [0.2, 0.25) is 0 Å². The SMILES string of the molecule is O=CN=CCCc1ccccc1. The van der Waals surface area contributed by atoms with Gasteiger partial charge in [-0.25, -0.2) is 4.99 Å². The maximum Gasteiger partial charge on any atom is 0.232 e. The van der Waals surface area contributed by atoms with E-state index >= 15 is 0 Å². The van der Waals surface area contributed by atoms with E-state index in [0.717, 1.165) is 12.8 Å². The summed E-state index contributed by atoms with van der Waals surface area (Å²) in [5.74, 6) is 0. The van der Waals surface area contributed by atoms with Gasteiger partial charge >= 0.3 is 0 Å². The molecule has 1 aromatic rings. The van der Waals surface area contributed by atoms with Crippen molar-refractivity contribution in [1.29, 1.82) is 0 Å². The predicted molar refractivity (Wildman–Crippen MR) is 49.3 cm³/mol. The van der Waals surface area contributed by atoms with E-state index in [2.05, 4.69) is 17.1 Å². The minimum absolute atomic E-state index is 0.561. The highest BCUT2D eigenvalue weighted by molar-refractivity contribution is 5.69. The average molecular weight is 161 g/mol. The zero-order valence-corrected chi connectivity index (χ0v) is 6.81. The molecule has 2 nitrogen and oxygen atoms in total. The first-order valence-electron chi connectivity index (χ1n) is 3.92. The number of rotatable bonds is 4. The lowest BCUT2D eigenvalue weighted by Crippen LogP contribution is -1.85. The molecule has 62 valence electrons. The standard InChI is InChI=1S/C10H11NO/c12-9-11-8-4-7-10-5-2-1-3-6-10/h1-3,5-6,8-9H,4,7H2.